The van der Waals surface area contributed by atoms with Crippen LogP contribution < -0.4 is 10.1 Å². The third-order valence-electron chi connectivity index (χ3n) is 5.33. The highest BCUT2D eigenvalue weighted by molar-refractivity contribution is 6.07. The Labute approximate surface area is 176 Å². The van der Waals surface area contributed by atoms with Gasteiger partial charge in [0.1, 0.15) is 12.4 Å². The van der Waals surface area contributed by atoms with Gasteiger partial charge >= 0.3 is 0 Å². The average Bonchev–Trinajstić information content (AvgIpc) is 3.36. The normalized spacial score (nSPS) is 16.4. The molecule has 158 valence electrons. The van der Waals surface area contributed by atoms with E-state index in [2.05, 4.69) is 29.2 Å². The first-order valence-electron chi connectivity index (χ1n) is 10.4. The standard InChI is InChI=1S/C23H28N4O3/c1-14(2)27-22-17(12-24-27)11-19(16(4)25-22)23(28)26-20-8-7-15(3)10-21(20)30-13-18-6-5-9-29-18/h7-8,10-12,14,18H,5-6,9,13H2,1-4H3,(H,26,28). The first-order valence-corrected chi connectivity index (χ1v) is 10.4. The number of ether oxygens (including phenoxy) is 2. The molecule has 1 unspecified atom stereocenters. The lowest BCUT2D eigenvalue weighted by atomic mass is 10.1. The lowest BCUT2D eigenvalue weighted by Gasteiger charge is -2.16. The Hall–Kier alpha value is -2.93. The summed E-state index contributed by atoms with van der Waals surface area (Å²) in [4.78, 5) is 17.7. The number of hydrogen-bond donors (Lipinski definition) is 1. The number of fused-ring (bicyclic) bond motifs is 1. The summed E-state index contributed by atoms with van der Waals surface area (Å²) >= 11 is 0. The Balaban J connectivity index is 1.57. The first kappa shape index (κ1) is 20.3. The molecule has 4 rings (SSSR count). The fourth-order valence-electron chi connectivity index (χ4n) is 3.67. The van der Waals surface area contributed by atoms with E-state index in [0.717, 1.165) is 36.0 Å². The Kier molecular flexibility index (Phi) is 5.72. The van der Waals surface area contributed by atoms with Crippen LogP contribution in [-0.2, 0) is 4.74 Å². The van der Waals surface area contributed by atoms with Crippen LogP contribution in [-0.4, -0.2) is 40.0 Å². The zero-order valence-corrected chi connectivity index (χ0v) is 17.9. The third kappa shape index (κ3) is 4.16. The number of aryl methyl sites for hydroxylation is 2. The van der Waals surface area contributed by atoms with Crippen LogP contribution in [0.5, 0.6) is 5.75 Å². The number of amides is 1. The topological polar surface area (TPSA) is 78.3 Å². The van der Waals surface area contributed by atoms with E-state index >= 15 is 0 Å². The highest BCUT2D eigenvalue weighted by Gasteiger charge is 2.19. The Morgan fingerprint density at radius 3 is 2.90 bits per heavy atom. The van der Waals surface area contributed by atoms with E-state index in [0.29, 0.717) is 29.3 Å². The van der Waals surface area contributed by atoms with Crippen LogP contribution in [0.1, 0.15) is 54.3 Å². The van der Waals surface area contributed by atoms with Crippen molar-refractivity contribution >= 4 is 22.6 Å². The van der Waals surface area contributed by atoms with Gasteiger partial charge in [0.05, 0.1) is 29.2 Å². The summed E-state index contributed by atoms with van der Waals surface area (Å²) < 4.78 is 13.5. The zero-order valence-electron chi connectivity index (χ0n) is 17.9. The molecule has 30 heavy (non-hydrogen) atoms. The minimum absolute atomic E-state index is 0.111. The van der Waals surface area contributed by atoms with E-state index in [1.165, 1.54) is 0 Å². The monoisotopic (exact) mass is 408 g/mol. The molecule has 2 aromatic heterocycles. The average molecular weight is 409 g/mol. The van der Waals surface area contributed by atoms with Gasteiger partial charge in [0, 0.05) is 18.0 Å². The number of carbonyl (C=O) groups is 1. The predicted molar refractivity (Wildman–Crippen MR) is 116 cm³/mol. The van der Waals surface area contributed by atoms with Crippen molar-refractivity contribution in [2.24, 2.45) is 0 Å². The smallest absolute Gasteiger partial charge is 0.257 e. The van der Waals surface area contributed by atoms with E-state index < -0.39 is 0 Å². The highest BCUT2D eigenvalue weighted by Crippen LogP contribution is 2.28. The molecule has 0 radical (unpaired) electrons. The van der Waals surface area contributed by atoms with E-state index in [9.17, 15) is 4.79 Å². The lowest BCUT2D eigenvalue weighted by molar-refractivity contribution is 0.0681. The summed E-state index contributed by atoms with van der Waals surface area (Å²) in [6.07, 6.45) is 3.93. The molecule has 7 nitrogen and oxygen atoms in total. The predicted octanol–water partition coefficient (Wildman–Crippen LogP) is 4.44. The van der Waals surface area contributed by atoms with Crippen LogP contribution in [0.4, 0.5) is 5.69 Å². The first-order chi connectivity index (χ1) is 14.4. The Morgan fingerprint density at radius 2 is 2.17 bits per heavy atom. The number of carbonyl (C=O) groups excluding carboxylic acids is 1. The van der Waals surface area contributed by atoms with Crippen molar-refractivity contribution in [2.75, 3.05) is 18.5 Å². The van der Waals surface area contributed by atoms with Crippen LogP contribution in [0.3, 0.4) is 0 Å². The van der Waals surface area contributed by atoms with Gasteiger partial charge < -0.3 is 14.8 Å². The second-order valence-corrected chi connectivity index (χ2v) is 8.12. The molecule has 1 aromatic carbocycles. The van der Waals surface area contributed by atoms with Crippen molar-refractivity contribution in [2.45, 2.75) is 52.7 Å². The van der Waals surface area contributed by atoms with Crippen molar-refractivity contribution in [1.82, 2.24) is 14.8 Å². The number of aromatic nitrogens is 3. The fraction of sp³-hybridized carbons (Fsp3) is 0.435. The molecule has 0 spiro atoms. The quantitative estimate of drug-likeness (QED) is 0.652. The minimum Gasteiger partial charge on any atom is -0.489 e. The summed E-state index contributed by atoms with van der Waals surface area (Å²) in [6, 6.07) is 7.81. The van der Waals surface area contributed by atoms with Crippen molar-refractivity contribution < 1.29 is 14.3 Å². The number of anilines is 1. The molecule has 0 saturated carbocycles. The van der Waals surface area contributed by atoms with Crippen molar-refractivity contribution in [3.8, 4) is 5.75 Å². The summed E-state index contributed by atoms with van der Waals surface area (Å²) in [5.74, 6) is 0.434. The fourth-order valence-corrected chi connectivity index (χ4v) is 3.67. The van der Waals surface area contributed by atoms with E-state index in [1.807, 2.05) is 42.8 Å². The lowest BCUT2D eigenvalue weighted by Crippen LogP contribution is -2.19. The zero-order chi connectivity index (χ0) is 21.3. The van der Waals surface area contributed by atoms with Crippen LogP contribution in [0.15, 0.2) is 30.5 Å². The highest BCUT2D eigenvalue weighted by atomic mass is 16.5. The molecule has 1 aliphatic rings. The van der Waals surface area contributed by atoms with Gasteiger partial charge in [0.25, 0.3) is 5.91 Å². The van der Waals surface area contributed by atoms with Gasteiger partial charge in [0.2, 0.25) is 0 Å². The van der Waals surface area contributed by atoms with Gasteiger partial charge in [-0.05, 0) is 64.3 Å². The summed E-state index contributed by atoms with van der Waals surface area (Å²) in [7, 11) is 0. The molecule has 1 saturated heterocycles. The van der Waals surface area contributed by atoms with Gasteiger partial charge in [-0.25, -0.2) is 9.67 Å². The number of benzene rings is 1. The van der Waals surface area contributed by atoms with Gasteiger partial charge in [-0.3, -0.25) is 4.79 Å². The molecule has 3 aromatic rings. The number of rotatable bonds is 6. The second kappa shape index (κ2) is 8.44. The van der Waals surface area contributed by atoms with Crippen LogP contribution in [0.2, 0.25) is 0 Å². The molecule has 1 fully saturated rings. The number of hydrogen-bond acceptors (Lipinski definition) is 5. The molecule has 1 aliphatic heterocycles. The summed E-state index contributed by atoms with van der Waals surface area (Å²) in [5, 5.41) is 8.23. The van der Waals surface area contributed by atoms with E-state index in [4.69, 9.17) is 9.47 Å². The van der Waals surface area contributed by atoms with Crippen molar-refractivity contribution in [1.29, 1.82) is 0 Å². The van der Waals surface area contributed by atoms with Crippen molar-refractivity contribution in [3.63, 3.8) is 0 Å². The number of pyridine rings is 1. The number of nitrogens with one attached hydrogen (secondary N) is 1. The molecule has 3 heterocycles. The van der Waals surface area contributed by atoms with E-state index in [1.54, 1.807) is 6.20 Å². The van der Waals surface area contributed by atoms with Gasteiger partial charge in [-0.15, -0.1) is 0 Å². The molecule has 1 atom stereocenters. The van der Waals surface area contributed by atoms with Crippen LogP contribution in [0, 0.1) is 13.8 Å². The largest absolute Gasteiger partial charge is 0.489 e. The molecule has 7 heteroatoms. The third-order valence-corrected chi connectivity index (χ3v) is 5.33. The van der Waals surface area contributed by atoms with Gasteiger partial charge in [-0.2, -0.15) is 5.10 Å². The maximum Gasteiger partial charge on any atom is 0.257 e. The Bertz CT molecular complexity index is 1070. The molecule has 1 amide bonds. The minimum atomic E-state index is -0.218. The number of nitrogens with zero attached hydrogens (tertiary/aromatic N) is 3. The van der Waals surface area contributed by atoms with Gasteiger partial charge in [-0.1, -0.05) is 6.07 Å². The maximum absolute atomic E-state index is 13.1. The molecular formula is C23H28N4O3. The molecule has 0 bridgehead atoms. The Morgan fingerprint density at radius 1 is 1.33 bits per heavy atom. The van der Waals surface area contributed by atoms with E-state index in [-0.39, 0.29) is 18.1 Å². The second-order valence-electron chi connectivity index (χ2n) is 8.12. The SMILES string of the molecule is Cc1ccc(NC(=O)c2cc3cnn(C(C)C)c3nc2C)c(OCC2CCCO2)c1. The summed E-state index contributed by atoms with van der Waals surface area (Å²) in [6.45, 7) is 9.22. The van der Waals surface area contributed by atoms with Gasteiger partial charge in [0.15, 0.2) is 5.65 Å². The van der Waals surface area contributed by atoms with Crippen LogP contribution in [0.25, 0.3) is 11.0 Å². The van der Waals surface area contributed by atoms with Crippen LogP contribution >= 0.6 is 0 Å². The molecule has 0 aliphatic carbocycles. The maximum atomic E-state index is 13.1. The summed E-state index contributed by atoms with van der Waals surface area (Å²) in [5.41, 5.74) is 3.68. The van der Waals surface area contributed by atoms with Crippen molar-refractivity contribution in [3.05, 3.63) is 47.3 Å². The molecular weight excluding hydrogens is 380 g/mol. The molecule has 1 N–H and O–H groups in total.